The number of hydrogen-bond acceptors (Lipinski definition) is 5. The molecule has 5 nitrogen and oxygen atoms in total. The van der Waals surface area contributed by atoms with Gasteiger partial charge >= 0.3 is 11.9 Å². The molecule has 30 heavy (non-hydrogen) atoms. The Hall–Kier alpha value is -2.95. The van der Waals surface area contributed by atoms with E-state index in [1.165, 1.54) is 0 Å². The number of cyclic esters (lactones) is 1. The molecule has 1 aliphatic heterocycles. The van der Waals surface area contributed by atoms with E-state index in [9.17, 15) is 14.4 Å². The van der Waals surface area contributed by atoms with E-state index in [1.807, 2.05) is 49.4 Å². The molecule has 0 bridgehead atoms. The van der Waals surface area contributed by atoms with Crippen molar-refractivity contribution in [3.05, 3.63) is 60.2 Å². The molecule has 1 saturated heterocycles. The monoisotopic (exact) mass is 406 g/mol. The van der Waals surface area contributed by atoms with Gasteiger partial charge < -0.3 is 9.47 Å². The van der Waals surface area contributed by atoms with Gasteiger partial charge in [-0.1, -0.05) is 61.5 Å². The molecule has 5 heteroatoms. The van der Waals surface area contributed by atoms with Gasteiger partial charge in [-0.05, 0) is 38.3 Å². The minimum absolute atomic E-state index is 0.140. The molecular weight excluding hydrogens is 380 g/mol. The summed E-state index contributed by atoms with van der Waals surface area (Å²) in [6.07, 6.45) is 0.355. The van der Waals surface area contributed by atoms with Gasteiger partial charge in [0.25, 0.3) is 0 Å². The summed E-state index contributed by atoms with van der Waals surface area (Å²) in [6, 6.07) is 17.2. The summed E-state index contributed by atoms with van der Waals surface area (Å²) in [7, 11) is 0. The van der Waals surface area contributed by atoms with Crippen LogP contribution < -0.4 is 0 Å². The maximum atomic E-state index is 13.8. The average Bonchev–Trinajstić information content (AvgIpc) is 3.34. The van der Waals surface area contributed by atoms with Gasteiger partial charge in [-0.25, -0.2) is 0 Å². The van der Waals surface area contributed by atoms with Crippen LogP contribution in [0.5, 0.6) is 0 Å². The maximum Gasteiger partial charge on any atom is 0.325 e. The zero-order valence-electron chi connectivity index (χ0n) is 17.7. The van der Waals surface area contributed by atoms with Crippen LogP contribution in [0.3, 0.4) is 0 Å². The van der Waals surface area contributed by atoms with Crippen molar-refractivity contribution >= 4 is 17.7 Å². The summed E-state index contributed by atoms with van der Waals surface area (Å²) < 4.78 is 10.8. The van der Waals surface area contributed by atoms with Crippen molar-refractivity contribution < 1.29 is 23.9 Å². The Morgan fingerprint density at radius 2 is 1.57 bits per heavy atom. The van der Waals surface area contributed by atoms with Gasteiger partial charge in [-0.15, -0.1) is 0 Å². The Kier molecular flexibility index (Phi) is 4.60. The Labute approximate surface area is 176 Å². The third kappa shape index (κ3) is 2.44. The molecule has 0 radical (unpaired) electrons. The first-order chi connectivity index (χ1) is 14.3. The summed E-state index contributed by atoms with van der Waals surface area (Å²) >= 11 is 0. The number of benzene rings is 2. The highest BCUT2D eigenvalue weighted by Gasteiger charge is 2.95. The minimum atomic E-state index is -1.56. The third-order valence-corrected chi connectivity index (χ3v) is 6.73. The largest absolute Gasteiger partial charge is 0.465 e. The van der Waals surface area contributed by atoms with Gasteiger partial charge in [0.2, 0.25) is 0 Å². The molecule has 2 fully saturated rings. The molecule has 1 heterocycles. The molecule has 2 aromatic rings. The maximum absolute atomic E-state index is 13.8. The highest BCUT2D eigenvalue weighted by molar-refractivity contribution is 6.19. The minimum Gasteiger partial charge on any atom is -0.465 e. The second-order valence-corrected chi connectivity index (χ2v) is 8.55. The van der Waals surface area contributed by atoms with Crippen LogP contribution in [0.25, 0.3) is 11.1 Å². The molecule has 4 rings (SSSR count). The fraction of sp³-hybridized carbons (Fsp3) is 0.400. The average molecular weight is 406 g/mol. The van der Waals surface area contributed by atoms with E-state index < -0.39 is 34.3 Å². The van der Waals surface area contributed by atoms with Gasteiger partial charge in [-0.2, -0.15) is 0 Å². The van der Waals surface area contributed by atoms with Crippen LogP contribution in [0.4, 0.5) is 0 Å². The van der Waals surface area contributed by atoms with E-state index in [0.717, 1.165) is 11.1 Å². The smallest absolute Gasteiger partial charge is 0.325 e. The summed E-state index contributed by atoms with van der Waals surface area (Å²) in [6.45, 7) is 7.20. The summed E-state index contributed by atoms with van der Waals surface area (Å²) in [5.41, 5.74) is -1.09. The molecule has 0 aromatic heterocycles. The highest BCUT2D eigenvalue weighted by Crippen LogP contribution is 2.80. The lowest BCUT2D eigenvalue weighted by Crippen LogP contribution is -2.40. The van der Waals surface area contributed by atoms with E-state index in [2.05, 4.69) is 0 Å². The number of ketones is 1. The summed E-state index contributed by atoms with van der Waals surface area (Å²) in [4.78, 5) is 39.7. The molecule has 2 aromatic carbocycles. The predicted molar refractivity (Wildman–Crippen MR) is 112 cm³/mol. The van der Waals surface area contributed by atoms with Crippen LogP contribution >= 0.6 is 0 Å². The molecule has 2 aliphatic rings. The number of carbonyl (C=O) groups excluding carboxylic acids is 3. The summed E-state index contributed by atoms with van der Waals surface area (Å²) in [5.74, 6) is -2.04. The third-order valence-electron chi connectivity index (χ3n) is 6.73. The van der Waals surface area contributed by atoms with E-state index >= 15 is 0 Å². The van der Waals surface area contributed by atoms with E-state index in [4.69, 9.17) is 9.47 Å². The molecule has 1 saturated carbocycles. The molecular formula is C25H26O5. The fourth-order valence-corrected chi connectivity index (χ4v) is 5.61. The van der Waals surface area contributed by atoms with E-state index in [0.29, 0.717) is 12.0 Å². The van der Waals surface area contributed by atoms with Crippen molar-refractivity contribution in [2.45, 2.75) is 39.7 Å². The van der Waals surface area contributed by atoms with Gasteiger partial charge in [-0.3, -0.25) is 14.4 Å². The van der Waals surface area contributed by atoms with Crippen LogP contribution in [0.15, 0.2) is 54.6 Å². The highest BCUT2D eigenvalue weighted by atomic mass is 16.6. The lowest BCUT2D eigenvalue weighted by molar-refractivity contribution is -0.166. The number of rotatable bonds is 6. The Morgan fingerprint density at radius 1 is 0.967 bits per heavy atom. The number of Topliss-reactive ketones (excluding diaryl/α,β-unsaturated/α-hetero) is 1. The molecule has 156 valence electrons. The van der Waals surface area contributed by atoms with Crippen molar-refractivity contribution in [1.29, 1.82) is 0 Å². The van der Waals surface area contributed by atoms with Crippen molar-refractivity contribution in [3.63, 3.8) is 0 Å². The normalized spacial score (nSPS) is 28.4. The molecule has 0 N–H and O–H groups in total. The molecule has 3 atom stereocenters. The number of ether oxygens (including phenoxy) is 2. The molecule has 0 spiro atoms. The predicted octanol–water partition coefficient (Wildman–Crippen LogP) is 4.45. The summed E-state index contributed by atoms with van der Waals surface area (Å²) in [5, 5.41) is 0. The van der Waals surface area contributed by atoms with Gasteiger partial charge in [0.15, 0.2) is 11.2 Å². The van der Waals surface area contributed by atoms with Crippen LogP contribution in [0.1, 0.15) is 44.5 Å². The fourth-order valence-electron chi connectivity index (χ4n) is 5.61. The van der Waals surface area contributed by atoms with E-state index in [-0.39, 0.29) is 12.4 Å². The number of hydrogen-bond donors (Lipinski definition) is 0. The van der Waals surface area contributed by atoms with Crippen LogP contribution in [-0.2, 0) is 19.1 Å². The van der Waals surface area contributed by atoms with Crippen LogP contribution in [-0.4, -0.2) is 29.9 Å². The van der Waals surface area contributed by atoms with E-state index in [1.54, 1.807) is 32.9 Å². The zero-order valence-corrected chi connectivity index (χ0v) is 17.7. The molecule has 1 aliphatic carbocycles. The Balaban J connectivity index is 1.75. The van der Waals surface area contributed by atoms with Crippen LogP contribution in [0, 0.1) is 16.7 Å². The Bertz CT molecular complexity index is 1010. The van der Waals surface area contributed by atoms with Crippen LogP contribution in [0.2, 0.25) is 0 Å². The number of carbonyl (C=O) groups is 3. The molecule has 0 amide bonds. The van der Waals surface area contributed by atoms with Gasteiger partial charge in [0.05, 0.1) is 12.0 Å². The van der Waals surface area contributed by atoms with Crippen molar-refractivity contribution in [3.8, 4) is 11.1 Å². The number of esters is 2. The van der Waals surface area contributed by atoms with Crippen molar-refractivity contribution in [2.24, 2.45) is 16.7 Å². The first-order valence-electron chi connectivity index (χ1n) is 10.4. The van der Waals surface area contributed by atoms with Gasteiger partial charge in [0.1, 0.15) is 5.60 Å². The van der Waals surface area contributed by atoms with Crippen molar-refractivity contribution in [2.75, 3.05) is 6.61 Å². The Morgan fingerprint density at radius 3 is 2.13 bits per heavy atom. The van der Waals surface area contributed by atoms with Gasteiger partial charge in [0, 0.05) is 11.5 Å². The SMILES string of the molecule is CCOC(=O)[C@@]12C(=O)OC(C)(C)[C@H]1[C@@]2(CC)C(=O)c1ccc(-c2ccccc2)cc1. The first-order valence-corrected chi connectivity index (χ1v) is 10.4. The second-order valence-electron chi connectivity index (χ2n) is 8.55. The lowest BCUT2D eigenvalue weighted by atomic mass is 9.81. The second kappa shape index (κ2) is 6.79. The quantitative estimate of drug-likeness (QED) is 0.403. The van der Waals surface area contributed by atoms with Crippen molar-refractivity contribution in [1.82, 2.24) is 0 Å². The molecule has 0 unspecified atom stereocenters. The lowest BCUT2D eigenvalue weighted by Gasteiger charge is -2.28. The standard InChI is InChI=1S/C25H26O5/c1-5-24(20-23(3,4)30-22(28)25(20,24)21(27)29-6-2)19(26)18-14-12-17(13-15-18)16-10-8-7-9-11-16/h7-15,20H,5-6H2,1-4H3/t20-,24+,25+/m0/s1. The zero-order chi connectivity index (χ0) is 21.7. The first kappa shape index (κ1) is 20.3. The topological polar surface area (TPSA) is 69.7 Å². The number of fused-ring (bicyclic) bond motifs is 1.